The van der Waals surface area contributed by atoms with Crippen LogP contribution in [0.4, 0.5) is 0 Å². The predicted octanol–water partition coefficient (Wildman–Crippen LogP) is 0.0558. The van der Waals surface area contributed by atoms with Crippen molar-refractivity contribution in [1.82, 2.24) is 0 Å². The van der Waals surface area contributed by atoms with Crippen LogP contribution in [0.2, 0.25) is 0 Å². The minimum Gasteiger partial charge on any atom is -1.00 e. The van der Waals surface area contributed by atoms with E-state index in [2.05, 4.69) is 14.0 Å². The highest BCUT2D eigenvalue weighted by molar-refractivity contribution is 4.62. The van der Waals surface area contributed by atoms with Crippen LogP contribution in [0.25, 0.3) is 0 Å². The molecule has 1 aliphatic rings. The molecular weight excluding hydrogens is 321 g/mol. The molecule has 1 heterocycles. The Morgan fingerprint density at radius 2 is 1.53 bits per heavy atom. The van der Waals surface area contributed by atoms with Crippen molar-refractivity contribution >= 4 is 0 Å². The van der Waals surface area contributed by atoms with Gasteiger partial charge in [0, 0.05) is 12.3 Å². The molecule has 2 unspecified atom stereocenters. The van der Waals surface area contributed by atoms with E-state index in [1.807, 2.05) is 0 Å². The summed E-state index contributed by atoms with van der Waals surface area (Å²) in [6, 6.07) is 0. The van der Waals surface area contributed by atoms with Crippen LogP contribution in [0, 0.1) is 5.92 Å². The molecule has 0 aromatic heterocycles. The average Bonchev–Trinajstić information content (AvgIpc) is 2.68. The smallest absolute Gasteiger partial charge is 0.0799 e. The molecule has 0 saturated carbocycles. The van der Waals surface area contributed by atoms with Gasteiger partial charge in [0.2, 0.25) is 0 Å². The Morgan fingerprint density at radius 3 is 2.06 bits per heavy atom. The zero-order valence-corrected chi connectivity index (χ0v) is 14.1. The third-order valence-electron chi connectivity index (χ3n) is 4.08. The Balaban J connectivity index is 0.00000256. The molecule has 1 saturated heterocycles. The van der Waals surface area contributed by atoms with Gasteiger partial charge in [-0.2, -0.15) is 0 Å². The third kappa shape index (κ3) is 9.29. The first-order valence-electron chi connectivity index (χ1n) is 7.64. The molecular formula is C15H32IN. The number of hydrogen-bond donors (Lipinski definition) is 1. The van der Waals surface area contributed by atoms with E-state index in [0.717, 1.165) is 5.92 Å². The molecule has 0 spiro atoms. The lowest BCUT2D eigenvalue weighted by Crippen LogP contribution is -3.07. The van der Waals surface area contributed by atoms with Crippen LogP contribution in [-0.2, 0) is 0 Å². The SMILES string of the molecule is CCCCCCCCCCC1CC[NH+](C)C1.[I-]. The van der Waals surface area contributed by atoms with Gasteiger partial charge in [-0.1, -0.05) is 58.3 Å². The summed E-state index contributed by atoms with van der Waals surface area (Å²) in [7, 11) is 2.34. The fourth-order valence-electron chi connectivity index (χ4n) is 2.96. The summed E-state index contributed by atoms with van der Waals surface area (Å²) in [4.78, 5) is 1.75. The van der Waals surface area contributed by atoms with Gasteiger partial charge in [0.25, 0.3) is 0 Å². The summed E-state index contributed by atoms with van der Waals surface area (Å²) in [5.74, 6) is 1.06. The lowest BCUT2D eigenvalue weighted by molar-refractivity contribution is -0.867. The Labute approximate surface area is 126 Å². The third-order valence-corrected chi connectivity index (χ3v) is 4.08. The monoisotopic (exact) mass is 353 g/mol. The van der Waals surface area contributed by atoms with Crippen molar-refractivity contribution < 1.29 is 28.9 Å². The highest BCUT2D eigenvalue weighted by Crippen LogP contribution is 2.15. The van der Waals surface area contributed by atoms with Gasteiger partial charge < -0.3 is 28.9 Å². The standard InChI is InChI=1S/C15H31N.HI/c1-3-4-5-6-7-8-9-10-11-15-12-13-16(2)14-15;/h15H,3-14H2,1-2H3;1H. The Kier molecular flexibility index (Phi) is 12.2. The molecule has 0 aliphatic carbocycles. The van der Waals surface area contributed by atoms with Crippen molar-refractivity contribution in [2.45, 2.75) is 71.1 Å². The van der Waals surface area contributed by atoms with Crippen molar-refractivity contribution in [2.24, 2.45) is 5.92 Å². The number of nitrogens with one attached hydrogen (secondary N) is 1. The van der Waals surface area contributed by atoms with E-state index in [0.29, 0.717) is 0 Å². The van der Waals surface area contributed by atoms with Crippen molar-refractivity contribution in [2.75, 3.05) is 20.1 Å². The van der Waals surface area contributed by atoms with E-state index < -0.39 is 0 Å². The summed E-state index contributed by atoms with van der Waals surface area (Å²) >= 11 is 0. The van der Waals surface area contributed by atoms with Crippen LogP contribution in [-0.4, -0.2) is 20.1 Å². The van der Waals surface area contributed by atoms with Gasteiger partial charge in [0.15, 0.2) is 0 Å². The first kappa shape index (κ1) is 17.7. The number of halogens is 1. The molecule has 0 aromatic carbocycles. The van der Waals surface area contributed by atoms with Gasteiger partial charge in [-0.3, -0.25) is 0 Å². The Hall–Kier alpha value is 0.690. The number of likely N-dealkylation sites (tertiary alicyclic amines) is 1. The van der Waals surface area contributed by atoms with Crippen LogP contribution in [0.5, 0.6) is 0 Å². The summed E-state index contributed by atoms with van der Waals surface area (Å²) in [6.45, 7) is 5.15. The Morgan fingerprint density at radius 1 is 0.941 bits per heavy atom. The van der Waals surface area contributed by atoms with E-state index in [-0.39, 0.29) is 24.0 Å². The molecule has 1 nitrogen and oxygen atoms in total. The number of unbranched alkanes of at least 4 members (excludes halogenated alkanes) is 7. The molecule has 0 bridgehead atoms. The normalized spacial score (nSPS) is 23.6. The zero-order chi connectivity index (χ0) is 11.6. The van der Waals surface area contributed by atoms with E-state index in [1.54, 1.807) is 4.90 Å². The Bertz CT molecular complexity index is 161. The van der Waals surface area contributed by atoms with Crippen molar-refractivity contribution in [3.05, 3.63) is 0 Å². The largest absolute Gasteiger partial charge is 1.00 e. The molecule has 1 fully saturated rings. The van der Waals surface area contributed by atoms with Crippen molar-refractivity contribution in [3.8, 4) is 0 Å². The first-order valence-corrected chi connectivity index (χ1v) is 7.64. The first-order chi connectivity index (χ1) is 7.83. The second kappa shape index (κ2) is 11.8. The molecule has 2 atom stereocenters. The van der Waals surface area contributed by atoms with Crippen molar-refractivity contribution in [1.29, 1.82) is 0 Å². The molecule has 1 N–H and O–H groups in total. The summed E-state index contributed by atoms with van der Waals surface area (Å²) in [6.07, 6.45) is 14.7. The molecule has 104 valence electrons. The van der Waals surface area contributed by atoms with Crippen LogP contribution < -0.4 is 28.9 Å². The van der Waals surface area contributed by atoms with Crippen LogP contribution in [0.1, 0.15) is 71.1 Å². The average molecular weight is 353 g/mol. The fraction of sp³-hybridized carbons (Fsp3) is 1.00. The lowest BCUT2D eigenvalue weighted by atomic mass is 9.99. The highest BCUT2D eigenvalue weighted by atomic mass is 127. The van der Waals surface area contributed by atoms with Gasteiger partial charge in [-0.15, -0.1) is 0 Å². The molecule has 0 aromatic rings. The second-order valence-electron chi connectivity index (χ2n) is 5.83. The predicted molar refractivity (Wildman–Crippen MR) is 72.0 cm³/mol. The van der Waals surface area contributed by atoms with E-state index >= 15 is 0 Å². The summed E-state index contributed by atoms with van der Waals surface area (Å²) in [5.41, 5.74) is 0. The van der Waals surface area contributed by atoms with Gasteiger partial charge in [0.05, 0.1) is 20.1 Å². The highest BCUT2D eigenvalue weighted by Gasteiger charge is 2.21. The summed E-state index contributed by atoms with van der Waals surface area (Å²) in [5, 5.41) is 0. The number of rotatable bonds is 9. The topological polar surface area (TPSA) is 4.44 Å². The van der Waals surface area contributed by atoms with Crippen molar-refractivity contribution in [3.63, 3.8) is 0 Å². The maximum absolute atomic E-state index is 2.34. The van der Waals surface area contributed by atoms with E-state index in [4.69, 9.17) is 0 Å². The minimum absolute atomic E-state index is 0. The van der Waals surface area contributed by atoms with E-state index in [9.17, 15) is 0 Å². The second-order valence-corrected chi connectivity index (χ2v) is 5.83. The van der Waals surface area contributed by atoms with Gasteiger partial charge >= 0.3 is 0 Å². The van der Waals surface area contributed by atoms with Crippen LogP contribution in [0.3, 0.4) is 0 Å². The lowest BCUT2D eigenvalue weighted by Gasteiger charge is -2.07. The molecule has 1 aliphatic heterocycles. The minimum atomic E-state index is 0. The van der Waals surface area contributed by atoms with E-state index in [1.165, 1.54) is 77.3 Å². The quantitative estimate of drug-likeness (QED) is 0.442. The maximum atomic E-state index is 2.34. The van der Waals surface area contributed by atoms with Gasteiger partial charge in [0.1, 0.15) is 0 Å². The van der Waals surface area contributed by atoms with Gasteiger partial charge in [-0.25, -0.2) is 0 Å². The maximum Gasteiger partial charge on any atom is 0.0799 e. The molecule has 1 rings (SSSR count). The van der Waals surface area contributed by atoms with Crippen LogP contribution >= 0.6 is 0 Å². The molecule has 0 amide bonds. The number of hydrogen-bond acceptors (Lipinski definition) is 0. The molecule has 17 heavy (non-hydrogen) atoms. The number of quaternary nitrogens is 1. The zero-order valence-electron chi connectivity index (χ0n) is 11.9. The molecule has 0 radical (unpaired) electrons. The summed E-state index contributed by atoms with van der Waals surface area (Å²) < 4.78 is 0. The molecule has 2 heteroatoms. The van der Waals surface area contributed by atoms with Crippen LogP contribution in [0.15, 0.2) is 0 Å². The fourth-order valence-corrected chi connectivity index (χ4v) is 2.96. The van der Waals surface area contributed by atoms with Gasteiger partial charge in [-0.05, 0) is 6.42 Å².